The molecule has 0 bridgehead atoms. The Kier molecular flexibility index (Phi) is 32.3. The number of hydrogen-bond acceptors (Lipinski definition) is 6. The predicted molar refractivity (Wildman–Crippen MR) is 551 cm³/mol. The summed E-state index contributed by atoms with van der Waals surface area (Å²) >= 11 is 0. The van der Waals surface area contributed by atoms with E-state index < -0.39 is 0 Å². The Morgan fingerprint density at radius 1 is 0.216 bits per heavy atom. The van der Waals surface area contributed by atoms with E-state index in [1.165, 1.54) is 156 Å². The summed E-state index contributed by atoms with van der Waals surface area (Å²) in [6, 6.07) is 112. The van der Waals surface area contributed by atoms with Crippen LogP contribution in [0.3, 0.4) is 0 Å². The number of benzene rings is 15. The summed E-state index contributed by atoms with van der Waals surface area (Å²) in [5.74, 6) is 4.56. The van der Waals surface area contributed by atoms with Crippen LogP contribution in [0.15, 0.2) is 339 Å². The quantitative estimate of drug-likeness (QED) is 0.113. The van der Waals surface area contributed by atoms with Gasteiger partial charge in [0.15, 0.2) is 0 Å². The van der Waals surface area contributed by atoms with Crippen molar-refractivity contribution in [3.05, 3.63) is 454 Å². The predicted octanol–water partition coefficient (Wildman–Crippen LogP) is 29.7. The average Bonchev–Trinajstić information content (AvgIpc) is 1.59. The standard InChI is InChI=1S/C31H26N3.C30H24N3.C24H19N2O.C19H19N2.C17H15N2.5Ir/c1-20-8-7-9-25(18-20)34-28-11-6-5-10-26(28)27-19-24(12-13-29(27)34)31-32-14-15-33(31)30-22(3)16-21(2)17-23(30)4;1-20-17-21(2)29(22(3)18-20)32-16-15-31-30(32)23-13-14-28-26(19-23)25-11-7-8-12-27(25)33(28)24-9-5-4-6-10-24;1-15-12-16(2)23(17(3)13-15)26-11-10-25-24(26)18-8-9-22-20(14-18)19-6-4-5-7-21(19)27-22;1-13-5-7-17(8-6-13)19-20-9-10-21(19)18-15(3)11-14(2)12-16(18)4;1-13-7-6-8-14(2)16(13)19-12-11-18-17(19)15-9-4-3-5-10-15;;;;;/h5-11,13-19H,1-4H3;4-12,14-19H,1-3H3;4-7,9-14H,1-3H3;5-7,9-12H,1-4H3;3-9,11-12H,1-2H3;;;;;/q5*-1;;;;;. The zero-order chi connectivity index (χ0) is 92.7. The van der Waals surface area contributed by atoms with Gasteiger partial charge >= 0.3 is 0 Å². The van der Waals surface area contributed by atoms with E-state index in [0.29, 0.717) is 0 Å². The first-order chi connectivity index (χ1) is 65.1. The zero-order valence-electron chi connectivity index (χ0n) is 80.2. The first kappa shape index (κ1) is 102. The second-order valence-corrected chi connectivity index (χ2v) is 35.3. The van der Waals surface area contributed by atoms with Crippen LogP contribution < -0.4 is 0 Å². The molecule has 0 saturated heterocycles. The molecule has 0 aliphatic rings. The van der Waals surface area contributed by atoms with E-state index in [0.717, 1.165) is 95.6 Å². The summed E-state index contributed by atoms with van der Waals surface area (Å²) in [6.45, 7) is 34.3. The van der Waals surface area contributed by atoms with Gasteiger partial charge in [-0.25, -0.2) is 0 Å². The SMILES string of the molecule is Cc1c[c-]c(-c2nccn2-c2c(C)cc(C)cc2C)cc1.Cc1cc(C)c(-n2ccnc2-c2[c-]cc3c(c2)c2ccccc2n3-c2ccccc2)c(C)c1.Cc1cc(C)c(-n2ccnc2-c2[c-]cc3oc4ccccc4c3c2)c(C)c1.Cc1cccc(-n2c3c[c-]c(-c4nccn4-c4c(C)cc(C)cc4C)cc3c3ccccc32)c1.Cc1cccc(C)c1-n1ccnc1-c1[c-]cccc1.[Ir].[Ir].[Ir].[Ir].[Ir]. The molecule has 0 fully saturated rings. The van der Waals surface area contributed by atoms with Crippen LogP contribution in [-0.2, 0) is 101 Å². The third kappa shape index (κ3) is 20.6. The van der Waals surface area contributed by atoms with Gasteiger partial charge in [0.2, 0.25) is 0 Å². The smallest absolute Gasteiger partial charge is 0.120 e. The molecule has 8 heterocycles. The maximum absolute atomic E-state index is 5.93. The number of imidazole rings is 5. The second kappa shape index (κ2) is 44.0. The normalized spacial score (nSPS) is 10.9. The number of para-hydroxylation sites is 5. The molecule has 18 heteroatoms. The number of furan rings is 1. The molecule has 703 valence electrons. The molecule has 13 nitrogen and oxygen atoms in total. The van der Waals surface area contributed by atoms with Gasteiger partial charge in [0.25, 0.3) is 0 Å². The van der Waals surface area contributed by atoms with Gasteiger partial charge in [0.05, 0.1) is 34.7 Å². The van der Waals surface area contributed by atoms with E-state index in [1.807, 2.05) is 117 Å². The summed E-state index contributed by atoms with van der Waals surface area (Å²) in [5, 5.41) is 7.07. The molecule has 0 aliphatic heterocycles. The minimum Gasteiger partial charge on any atom is -0.500 e. The van der Waals surface area contributed by atoms with E-state index in [9.17, 15) is 0 Å². The summed E-state index contributed by atoms with van der Waals surface area (Å²) in [6.07, 6.45) is 19.4. The first-order valence-electron chi connectivity index (χ1n) is 45.5. The fourth-order valence-electron chi connectivity index (χ4n) is 19.8. The number of hydrogen-bond donors (Lipinski definition) is 0. The largest absolute Gasteiger partial charge is 0.500 e. The molecule has 8 aromatic heterocycles. The fraction of sp³-hybridized carbons (Fsp3) is 0.132. The summed E-state index contributed by atoms with van der Waals surface area (Å²) in [4.78, 5) is 23.1. The molecule has 0 atom stereocenters. The minimum atomic E-state index is 0. The van der Waals surface area contributed by atoms with Crippen molar-refractivity contribution in [2.24, 2.45) is 0 Å². The van der Waals surface area contributed by atoms with Crippen LogP contribution in [0.2, 0.25) is 0 Å². The van der Waals surface area contributed by atoms with E-state index in [-0.39, 0.29) is 101 Å². The van der Waals surface area contributed by atoms with Gasteiger partial charge in [-0.15, -0.1) is 143 Å². The third-order valence-corrected chi connectivity index (χ3v) is 25.1. The van der Waals surface area contributed by atoms with Gasteiger partial charge in [-0.2, -0.15) is 0 Å². The van der Waals surface area contributed by atoms with Gasteiger partial charge in [-0.3, -0.25) is 24.9 Å². The Hall–Kier alpha value is -13.0. The molecule has 23 aromatic rings. The molecule has 0 unspecified atom stereocenters. The summed E-state index contributed by atoms with van der Waals surface area (Å²) < 4.78 is 21.4. The fourth-order valence-corrected chi connectivity index (χ4v) is 19.8. The van der Waals surface area contributed by atoms with Gasteiger partial charge in [-0.05, 0) is 229 Å². The Morgan fingerprint density at radius 3 is 0.957 bits per heavy atom. The number of aryl methyl sites for hydroxylation is 16. The van der Waals surface area contributed by atoms with Crippen molar-refractivity contribution < 1.29 is 105 Å². The van der Waals surface area contributed by atoms with Gasteiger partial charge < -0.3 is 36.4 Å². The van der Waals surface area contributed by atoms with Crippen LogP contribution in [-0.4, -0.2) is 56.9 Å². The third-order valence-electron chi connectivity index (χ3n) is 25.1. The maximum Gasteiger partial charge on any atom is 0.120 e. The molecule has 0 saturated carbocycles. The maximum atomic E-state index is 5.93. The van der Waals surface area contributed by atoms with Crippen LogP contribution in [0.25, 0.3) is 162 Å². The van der Waals surface area contributed by atoms with Crippen LogP contribution in [0.1, 0.15) is 89.0 Å². The molecule has 0 spiro atoms. The van der Waals surface area contributed by atoms with Crippen molar-refractivity contribution in [1.29, 1.82) is 0 Å². The van der Waals surface area contributed by atoms with E-state index in [4.69, 9.17) is 14.4 Å². The molecular weight excluding hydrogens is 2600 g/mol. The minimum absolute atomic E-state index is 0. The zero-order valence-corrected chi connectivity index (χ0v) is 92.2. The molecule has 0 aliphatic carbocycles. The van der Waals surface area contributed by atoms with Gasteiger partial charge in [0.1, 0.15) is 5.58 Å². The van der Waals surface area contributed by atoms with Crippen LogP contribution in [0, 0.1) is 141 Å². The Labute approximate surface area is 881 Å². The molecular formula is C121H103Ir5N12O-5. The van der Waals surface area contributed by atoms with Crippen molar-refractivity contribution in [1.82, 2.24) is 56.9 Å². The van der Waals surface area contributed by atoms with Crippen molar-refractivity contribution in [3.63, 3.8) is 0 Å². The van der Waals surface area contributed by atoms with Crippen LogP contribution >= 0.6 is 0 Å². The number of aromatic nitrogens is 12. The second-order valence-electron chi connectivity index (χ2n) is 35.3. The number of rotatable bonds is 12. The first-order valence-corrected chi connectivity index (χ1v) is 45.5. The number of nitrogens with zero attached hydrogens (tertiary/aromatic N) is 12. The Bertz CT molecular complexity index is 8240. The average molecular weight is 2700 g/mol. The molecule has 0 amide bonds. The monoisotopic (exact) mass is 2700 g/mol. The van der Waals surface area contributed by atoms with Gasteiger partial charge in [-0.1, -0.05) is 197 Å². The molecule has 23 rings (SSSR count). The van der Waals surface area contributed by atoms with Gasteiger partial charge in [0, 0.05) is 219 Å². The van der Waals surface area contributed by atoms with Crippen molar-refractivity contribution in [3.8, 4) is 96.8 Å². The summed E-state index contributed by atoms with van der Waals surface area (Å²) in [5.41, 5.74) is 39.7. The number of fused-ring (bicyclic) bond motifs is 9. The molecule has 139 heavy (non-hydrogen) atoms. The van der Waals surface area contributed by atoms with Crippen molar-refractivity contribution in [2.75, 3.05) is 0 Å². The van der Waals surface area contributed by atoms with E-state index >= 15 is 0 Å². The topological polar surface area (TPSA) is 112 Å². The van der Waals surface area contributed by atoms with Crippen molar-refractivity contribution >= 4 is 65.6 Å². The molecule has 0 N–H and O–H groups in total. The van der Waals surface area contributed by atoms with Crippen LogP contribution in [0.5, 0.6) is 0 Å². The molecule has 5 radical (unpaired) electrons. The van der Waals surface area contributed by atoms with E-state index in [1.54, 1.807) is 0 Å². The summed E-state index contributed by atoms with van der Waals surface area (Å²) in [7, 11) is 0. The molecule has 15 aromatic carbocycles. The van der Waals surface area contributed by atoms with Crippen LogP contribution in [0.4, 0.5) is 0 Å². The Balaban J connectivity index is 0.000000139. The Morgan fingerprint density at radius 2 is 0.554 bits per heavy atom. The van der Waals surface area contributed by atoms with Crippen molar-refractivity contribution in [2.45, 2.75) is 111 Å². The van der Waals surface area contributed by atoms with E-state index in [2.05, 4.69) is 406 Å².